The Morgan fingerprint density at radius 2 is 2.12 bits per heavy atom. The maximum absolute atomic E-state index is 11.8. The molecule has 0 aliphatic heterocycles. The van der Waals surface area contributed by atoms with Crippen LogP contribution in [0.5, 0.6) is 0 Å². The number of carboxylic acid groups (broad SMARTS) is 1. The van der Waals surface area contributed by atoms with Crippen molar-refractivity contribution in [3.05, 3.63) is 16.8 Å². The fourth-order valence-electron chi connectivity index (χ4n) is 2.14. The standard InChI is InChI=1S/C11H13NO3S/c1-11(2)7(8(11)10(14)15)9(13)12-6-3-4-16-5-6/h3-5,7-8H,1-2H3,(H,12,13)(H,14,15)/t7-,8+/m1/s1. The van der Waals surface area contributed by atoms with Gasteiger partial charge in [0.25, 0.3) is 0 Å². The molecule has 2 rings (SSSR count). The summed E-state index contributed by atoms with van der Waals surface area (Å²) in [6.45, 7) is 3.62. The van der Waals surface area contributed by atoms with E-state index in [1.807, 2.05) is 24.6 Å². The summed E-state index contributed by atoms with van der Waals surface area (Å²) in [4.78, 5) is 22.7. The maximum atomic E-state index is 11.8. The van der Waals surface area contributed by atoms with Crippen LogP contribution in [0.1, 0.15) is 13.8 Å². The number of hydrogen-bond donors (Lipinski definition) is 2. The number of carbonyl (C=O) groups is 2. The summed E-state index contributed by atoms with van der Waals surface area (Å²) in [7, 11) is 0. The third-order valence-electron chi connectivity index (χ3n) is 3.16. The number of hydrogen-bond acceptors (Lipinski definition) is 3. The molecular weight excluding hydrogens is 226 g/mol. The SMILES string of the molecule is CC1(C)[C@H](C(=O)O)[C@@H]1C(=O)Nc1ccsc1. The van der Waals surface area contributed by atoms with Gasteiger partial charge in [-0.1, -0.05) is 13.8 Å². The summed E-state index contributed by atoms with van der Waals surface area (Å²) in [6, 6.07) is 1.80. The van der Waals surface area contributed by atoms with Gasteiger partial charge in [0.15, 0.2) is 0 Å². The molecule has 1 aromatic rings. The molecule has 1 fully saturated rings. The minimum absolute atomic E-state index is 0.198. The van der Waals surface area contributed by atoms with Crippen LogP contribution >= 0.6 is 11.3 Å². The Kier molecular flexibility index (Phi) is 2.50. The molecule has 1 amide bonds. The molecule has 0 unspecified atom stereocenters. The van der Waals surface area contributed by atoms with Gasteiger partial charge in [-0.05, 0) is 16.9 Å². The topological polar surface area (TPSA) is 66.4 Å². The zero-order valence-electron chi connectivity index (χ0n) is 9.06. The summed E-state index contributed by atoms with van der Waals surface area (Å²) in [5.74, 6) is -2.08. The first kappa shape index (κ1) is 11.1. The van der Waals surface area contributed by atoms with Crippen LogP contribution in [0, 0.1) is 17.3 Å². The fourth-order valence-corrected chi connectivity index (χ4v) is 2.73. The van der Waals surface area contributed by atoms with E-state index in [1.165, 1.54) is 11.3 Å². The molecule has 16 heavy (non-hydrogen) atoms. The molecule has 2 N–H and O–H groups in total. The Hall–Kier alpha value is -1.36. The van der Waals surface area contributed by atoms with Crippen LogP contribution in [0.4, 0.5) is 5.69 Å². The van der Waals surface area contributed by atoms with E-state index in [-0.39, 0.29) is 5.91 Å². The molecule has 0 saturated heterocycles. The van der Waals surface area contributed by atoms with E-state index in [9.17, 15) is 9.59 Å². The average molecular weight is 239 g/mol. The zero-order valence-corrected chi connectivity index (χ0v) is 9.88. The van der Waals surface area contributed by atoms with Crippen LogP contribution in [0.25, 0.3) is 0 Å². The summed E-state index contributed by atoms with van der Waals surface area (Å²) in [5, 5.41) is 15.4. The van der Waals surface area contributed by atoms with E-state index >= 15 is 0 Å². The second-order valence-electron chi connectivity index (χ2n) is 4.62. The highest BCUT2D eigenvalue weighted by atomic mass is 32.1. The summed E-state index contributed by atoms with van der Waals surface area (Å²) < 4.78 is 0. The average Bonchev–Trinajstić information content (AvgIpc) is 2.58. The predicted octanol–water partition coefficient (Wildman–Crippen LogP) is 2.04. The highest BCUT2D eigenvalue weighted by molar-refractivity contribution is 7.08. The molecule has 1 aromatic heterocycles. The van der Waals surface area contributed by atoms with Gasteiger partial charge < -0.3 is 10.4 Å². The molecule has 0 bridgehead atoms. The molecule has 5 heteroatoms. The fraction of sp³-hybridized carbons (Fsp3) is 0.455. The van der Waals surface area contributed by atoms with Gasteiger partial charge in [0.2, 0.25) is 5.91 Å². The van der Waals surface area contributed by atoms with Gasteiger partial charge in [0, 0.05) is 5.38 Å². The van der Waals surface area contributed by atoms with Gasteiger partial charge in [-0.25, -0.2) is 0 Å². The second kappa shape index (κ2) is 3.59. The first-order valence-electron chi connectivity index (χ1n) is 5.00. The highest BCUT2D eigenvalue weighted by Gasteiger charge is 2.65. The summed E-state index contributed by atoms with van der Waals surface area (Å²) >= 11 is 1.49. The second-order valence-corrected chi connectivity index (χ2v) is 5.40. The van der Waals surface area contributed by atoms with Crippen LogP contribution in [-0.2, 0) is 9.59 Å². The van der Waals surface area contributed by atoms with Crippen molar-refractivity contribution in [2.75, 3.05) is 5.32 Å². The number of anilines is 1. The number of amides is 1. The Labute approximate surface area is 97.3 Å². The quantitative estimate of drug-likeness (QED) is 0.848. The van der Waals surface area contributed by atoms with Gasteiger partial charge in [0.05, 0.1) is 17.5 Å². The third kappa shape index (κ3) is 1.71. The van der Waals surface area contributed by atoms with Crippen molar-refractivity contribution in [1.82, 2.24) is 0 Å². The van der Waals surface area contributed by atoms with Crippen molar-refractivity contribution in [3.63, 3.8) is 0 Å². The molecule has 1 aliphatic carbocycles. The van der Waals surface area contributed by atoms with E-state index < -0.39 is 23.2 Å². The lowest BCUT2D eigenvalue weighted by Gasteiger charge is -2.03. The van der Waals surface area contributed by atoms with Crippen molar-refractivity contribution in [1.29, 1.82) is 0 Å². The zero-order chi connectivity index (χ0) is 11.9. The number of nitrogens with one attached hydrogen (secondary N) is 1. The minimum Gasteiger partial charge on any atom is -0.481 e. The molecule has 0 aromatic carbocycles. The molecule has 1 heterocycles. The maximum Gasteiger partial charge on any atom is 0.307 e. The number of rotatable bonds is 3. The van der Waals surface area contributed by atoms with E-state index in [0.717, 1.165) is 5.69 Å². The summed E-state index contributed by atoms with van der Waals surface area (Å²) in [6.07, 6.45) is 0. The van der Waals surface area contributed by atoms with E-state index in [1.54, 1.807) is 6.07 Å². The first-order chi connectivity index (χ1) is 7.44. The van der Waals surface area contributed by atoms with Gasteiger partial charge in [-0.2, -0.15) is 11.3 Å². The van der Waals surface area contributed by atoms with Gasteiger partial charge in [-0.3, -0.25) is 9.59 Å². The Bertz CT molecular complexity index is 424. The highest BCUT2D eigenvalue weighted by Crippen LogP contribution is 2.58. The Morgan fingerprint density at radius 3 is 2.56 bits per heavy atom. The van der Waals surface area contributed by atoms with Crippen LogP contribution < -0.4 is 5.32 Å². The lowest BCUT2D eigenvalue weighted by atomic mass is 10.1. The van der Waals surface area contributed by atoms with Gasteiger partial charge >= 0.3 is 5.97 Å². The van der Waals surface area contributed by atoms with Crippen molar-refractivity contribution in [3.8, 4) is 0 Å². The smallest absolute Gasteiger partial charge is 0.307 e. The predicted molar refractivity (Wildman–Crippen MR) is 61.3 cm³/mol. The van der Waals surface area contributed by atoms with Crippen LogP contribution in [0.2, 0.25) is 0 Å². The summed E-state index contributed by atoms with van der Waals surface area (Å²) in [5.41, 5.74) is 0.299. The third-order valence-corrected chi connectivity index (χ3v) is 3.85. The molecule has 2 atom stereocenters. The van der Waals surface area contributed by atoms with Crippen LogP contribution in [-0.4, -0.2) is 17.0 Å². The molecule has 86 valence electrons. The van der Waals surface area contributed by atoms with Crippen LogP contribution in [0.15, 0.2) is 16.8 Å². The minimum atomic E-state index is -0.893. The molecule has 0 radical (unpaired) electrons. The monoisotopic (exact) mass is 239 g/mol. The van der Waals surface area contributed by atoms with Crippen molar-refractivity contribution in [2.24, 2.45) is 17.3 Å². The lowest BCUT2D eigenvalue weighted by Crippen LogP contribution is -2.17. The van der Waals surface area contributed by atoms with E-state index in [2.05, 4.69) is 5.32 Å². The largest absolute Gasteiger partial charge is 0.481 e. The molecule has 1 saturated carbocycles. The normalized spacial score (nSPS) is 26.1. The number of thiophene rings is 1. The lowest BCUT2D eigenvalue weighted by molar-refractivity contribution is -0.140. The number of carbonyl (C=O) groups excluding carboxylic acids is 1. The van der Waals surface area contributed by atoms with E-state index in [0.29, 0.717) is 0 Å². The van der Waals surface area contributed by atoms with E-state index in [4.69, 9.17) is 5.11 Å². The van der Waals surface area contributed by atoms with Gasteiger partial charge in [-0.15, -0.1) is 0 Å². The Morgan fingerprint density at radius 1 is 1.44 bits per heavy atom. The molecule has 0 spiro atoms. The van der Waals surface area contributed by atoms with Crippen molar-refractivity contribution in [2.45, 2.75) is 13.8 Å². The molecular formula is C11H13NO3S. The number of carboxylic acids is 1. The molecule has 1 aliphatic rings. The molecule has 4 nitrogen and oxygen atoms in total. The van der Waals surface area contributed by atoms with Gasteiger partial charge in [0.1, 0.15) is 0 Å². The Balaban J connectivity index is 2.05. The van der Waals surface area contributed by atoms with Crippen molar-refractivity contribution >= 4 is 28.9 Å². The first-order valence-corrected chi connectivity index (χ1v) is 5.94. The van der Waals surface area contributed by atoms with Crippen molar-refractivity contribution < 1.29 is 14.7 Å². The number of aliphatic carboxylic acids is 1. The van der Waals surface area contributed by atoms with Crippen LogP contribution in [0.3, 0.4) is 0 Å².